The van der Waals surface area contributed by atoms with E-state index in [0.29, 0.717) is 6.42 Å². The second kappa shape index (κ2) is 4.17. The van der Waals surface area contributed by atoms with Crippen LogP contribution in [0.4, 0.5) is 0 Å². The number of aliphatic hydroxyl groups excluding tert-OH is 1. The van der Waals surface area contributed by atoms with Crippen molar-refractivity contribution in [3.63, 3.8) is 0 Å². The van der Waals surface area contributed by atoms with Crippen molar-refractivity contribution in [3.8, 4) is 0 Å². The summed E-state index contributed by atoms with van der Waals surface area (Å²) in [7, 11) is 0. The van der Waals surface area contributed by atoms with E-state index in [2.05, 4.69) is 6.92 Å². The van der Waals surface area contributed by atoms with E-state index in [1.54, 1.807) is 19.9 Å². The molecule has 0 amide bonds. The van der Waals surface area contributed by atoms with Crippen LogP contribution in [0.3, 0.4) is 0 Å². The third kappa shape index (κ3) is 2.14. The molecule has 3 heteroatoms. The van der Waals surface area contributed by atoms with Gasteiger partial charge in [-0.25, -0.2) is 0 Å². The summed E-state index contributed by atoms with van der Waals surface area (Å²) in [6.07, 6.45) is 3.29. The summed E-state index contributed by atoms with van der Waals surface area (Å²) in [6, 6.07) is 0. The van der Waals surface area contributed by atoms with Gasteiger partial charge in [-0.05, 0) is 45.1 Å². The van der Waals surface area contributed by atoms with Crippen molar-refractivity contribution in [1.29, 1.82) is 0 Å². The van der Waals surface area contributed by atoms with Crippen LogP contribution in [0.25, 0.3) is 0 Å². The first-order chi connectivity index (χ1) is 8.15. The molecule has 0 aromatic carbocycles. The van der Waals surface area contributed by atoms with Gasteiger partial charge in [0.15, 0.2) is 5.78 Å². The Labute approximate surface area is 109 Å². The summed E-state index contributed by atoms with van der Waals surface area (Å²) in [6.45, 7) is 7.54. The minimum atomic E-state index is -0.873. The normalized spacial score (nSPS) is 41.3. The fraction of sp³-hybridized carbons (Fsp3) is 0.800. The van der Waals surface area contributed by atoms with Crippen molar-refractivity contribution in [2.24, 2.45) is 17.3 Å². The smallest absolute Gasteiger partial charge is 0.156 e. The second-order valence-electron chi connectivity index (χ2n) is 6.95. The molecular weight excluding hydrogens is 228 g/mol. The molecular formula is C15H24O3. The maximum Gasteiger partial charge on any atom is 0.156 e. The van der Waals surface area contributed by atoms with Crippen LogP contribution in [0.15, 0.2) is 11.6 Å². The Morgan fingerprint density at radius 1 is 1.44 bits per heavy atom. The maximum absolute atomic E-state index is 11.7. The van der Waals surface area contributed by atoms with Crippen LogP contribution in [-0.4, -0.2) is 27.7 Å². The maximum atomic E-state index is 11.7. The topological polar surface area (TPSA) is 57.5 Å². The molecule has 2 rings (SSSR count). The minimum Gasteiger partial charge on any atom is -0.392 e. The summed E-state index contributed by atoms with van der Waals surface area (Å²) in [4.78, 5) is 11.7. The zero-order chi connectivity index (χ0) is 13.7. The van der Waals surface area contributed by atoms with Gasteiger partial charge in [0, 0.05) is 18.3 Å². The lowest BCUT2D eigenvalue weighted by Crippen LogP contribution is -2.53. The molecule has 0 saturated heterocycles. The van der Waals surface area contributed by atoms with E-state index < -0.39 is 11.7 Å². The molecule has 102 valence electrons. The zero-order valence-corrected chi connectivity index (χ0v) is 11.7. The van der Waals surface area contributed by atoms with Crippen LogP contribution in [0.2, 0.25) is 0 Å². The summed E-state index contributed by atoms with van der Waals surface area (Å²) in [5.74, 6) is 0.0488. The molecule has 18 heavy (non-hydrogen) atoms. The van der Waals surface area contributed by atoms with Gasteiger partial charge >= 0.3 is 0 Å². The third-order valence-electron chi connectivity index (χ3n) is 4.90. The highest BCUT2D eigenvalue weighted by Crippen LogP contribution is 2.53. The molecule has 2 aliphatic carbocycles. The molecule has 0 unspecified atom stereocenters. The van der Waals surface area contributed by atoms with Gasteiger partial charge in [0.25, 0.3) is 0 Å². The van der Waals surface area contributed by atoms with Crippen LogP contribution >= 0.6 is 0 Å². The lowest BCUT2D eigenvalue weighted by Gasteiger charge is -2.52. The van der Waals surface area contributed by atoms with Crippen molar-refractivity contribution in [3.05, 3.63) is 11.6 Å². The lowest BCUT2D eigenvalue weighted by atomic mass is 9.55. The van der Waals surface area contributed by atoms with Gasteiger partial charge in [-0.2, -0.15) is 0 Å². The monoisotopic (exact) mass is 252 g/mol. The Hall–Kier alpha value is -0.670. The first kappa shape index (κ1) is 13.8. The Kier molecular flexibility index (Phi) is 3.19. The first-order valence-electron chi connectivity index (χ1n) is 6.76. The Morgan fingerprint density at radius 3 is 2.61 bits per heavy atom. The number of rotatable bonds is 1. The second-order valence-corrected chi connectivity index (χ2v) is 6.95. The Morgan fingerprint density at radius 2 is 2.06 bits per heavy atom. The number of hydrogen-bond donors (Lipinski definition) is 2. The SMILES string of the molecule is CC1=CC(=O)C[C@]2(C)CC[C@@H](C(C)(C)O)[C@H](O)[C@H]12. The molecule has 1 fully saturated rings. The highest BCUT2D eigenvalue weighted by molar-refractivity contribution is 5.92. The van der Waals surface area contributed by atoms with Crippen molar-refractivity contribution in [2.75, 3.05) is 0 Å². The van der Waals surface area contributed by atoms with Crippen LogP contribution in [0, 0.1) is 17.3 Å². The number of carbonyl (C=O) groups excluding carboxylic acids is 1. The average molecular weight is 252 g/mol. The van der Waals surface area contributed by atoms with Gasteiger partial charge < -0.3 is 10.2 Å². The van der Waals surface area contributed by atoms with Crippen molar-refractivity contribution >= 4 is 5.78 Å². The van der Waals surface area contributed by atoms with Crippen LogP contribution in [0.5, 0.6) is 0 Å². The highest BCUT2D eigenvalue weighted by Gasteiger charge is 2.52. The quantitative estimate of drug-likeness (QED) is 0.751. The molecule has 0 aromatic heterocycles. The fourth-order valence-electron chi connectivity index (χ4n) is 4.04. The number of allylic oxidation sites excluding steroid dienone is 1. The summed E-state index contributed by atoms with van der Waals surface area (Å²) in [5, 5.41) is 20.8. The largest absolute Gasteiger partial charge is 0.392 e. The molecule has 1 saturated carbocycles. The number of fused-ring (bicyclic) bond motifs is 1. The highest BCUT2D eigenvalue weighted by atomic mass is 16.3. The first-order valence-corrected chi connectivity index (χ1v) is 6.76. The molecule has 3 nitrogen and oxygen atoms in total. The van der Waals surface area contributed by atoms with E-state index >= 15 is 0 Å². The number of carbonyl (C=O) groups is 1. The third-order valence-corrected chi connectivity index (χ3v) is 4.90. The number of hydrogen-bond acceptors (Lipinski definition) is 3. The van der Waals surface area contributed by atoms with E-state index in [4.69, 9.17) is 0 Å². The van der Waals surface area contributed by atoms with Crippen molar-refractivity contribution in [1.82, 2.24) is 0 Å². The summed E-state index contributed by atoms with van der Waals surface area (Å²) < 4.78 is 0. The van der Waals surface area contributed by atoms with E-state index in [1.807, 2.05) is 6.92 Å². The molecule has 2 N–H and O–H groups in total. The predicted molar refractivity (Wildman–Crippen MR) is 70.0 cm³/mol. The Bertz CT molecular complexity index is 391. The van der Waals surface area contributed by atoms with E-state index in [1.165, 1.54) is 0 Å². The molecule has 4 atom stereocenters. The average Bonchev–Trinajstić information content (AvgIpc) is 2.12. The fourth-order valence-corrected chi connectivity index (χ4v) is 4.04. The van der Waals surface area contributed by atoms with E-state index in [-0.39, 0.29) is 23.0 Å². The summed E-state index contributed by atoms with van der Waals surface area (Å²) >= 11 is 0. The van der Waals surface area contributed by atoms with Crippen LogP contribution < -0.4 is 0 Å². The molecule has 0 radical (unpaired) electrons. The number of ketones is 1. The van der Waals surface area contributed by atoms with Crippen LogP contribution in [0.1, 0.15) is 47.0 Å². The molecule has 0 spiro atoms. The lowest BCUT2D eigenvalue weighted by molar-refractivity contribution is -0.133. The molecule has 2 aliphatic rings. The van der Waals surface area contributed by atoms with E-state index in [0.717, 1.165) is 18.4 Å². The van der Waals surface area contributed by atoms with Crippen LogP contribution in [-0.2, 0) is 4.79 Å². The molecule has 0 heterocycles. The van der Waals surface area contributed by atoms with Gasteiger partial charge in [-0.3, -0.25) is 4.79 Å². The van der Waals surface area contributed by atoms with Gasteiger partial charge in [0.1, 0.15) is 0 Å². The van der Waals surface area contributed by atoms with Gasteiger partial charge in [0.05, 0.1) is 11.7 Å². The molecule has 0 aliphatic heterocycles. The van der Waals surface area contributed by atoms with Crippen molar-refractivity contribution in [2.45, 2.75) is 58.7 Å². The standard InChI is InChI=1S/C15H24O3/c1-9-7-10(16)8-15(4)6-5-11(14(2,3)18)13(17)12(9)15/h7,11-13,17-18H,5-6,8H2,1-4H3/t11-,12+,13+,15+/m1/s1. The Balaban J connectivity index is 2.36. The molecule has 0 bridgehead atoms. The van der Waals surface area contributed by atoms with Gasteiger partial charge in [-0.1, -0.05) is 12.5 Å². The van der Waals surface area contributed by atoms with E-state index in [9.17, 15) is 15.0 Å². The van der Waals surface area contributed by atoms with Crippen molar-refractivity contribution < 1.29 is 15.0 Å². The van der Waals surface area contributed by atoms with Gasteiger partial charge in [0.2, 0.25) is 0 Å². The predicted octanol–water partition coefficient (Wildman–Crippen LogP) is 2.07. The summed E-state index contributed by atoms with van der Waals surface area (Å²) in [5.41, 5.74) is -0.0465. The van der Waals surface area contributed by atoms with Gasteiger partial charge in [-0.15, -0.1) is 0 Å². The number of aliphatic hydroxyl groups is 2. The zero-order valence-electron chi connectivity index (χ0n) is 11.7. The molecule has 0 aromatic rings. The minimum absolute atomic E-state index is 0.000347.